The zero-order valence-corrected chi connectivity index (χ0v) is 18.5. The molecule has 0 aliphatic carbocycles. The number of esters is 1. The number of benzene rings is 3. The van der Waals surface area contributed by atoms with Crippen LogP contribution < -0.4 is 5.32 Å². The number of carbonyl (C=O) groups is 1. The Balaban J connectivity index is 0.00000132. The SMILES string of the molecule is CC.COC(=O)c1ccc(CNc2nc(Cl)nc3cccc(-c4ccccc4)c23)cc1. The fourth-order valence-corrected chi connectivity index (χ4v) is 3.38. The lowest BCUT2D eigenvalue weighted by atomic mass is 10.0. The van der Waals surface area contributed by atoms with Crippen molar-refractivity contribution in [2.75, 3.05) is 12.4 Å². The molecule has 4 aromatic rings. The first-order valence-electron chi connectivity index (χ1n) is 10.1. The summed E-state index contributed by atoms with van der Waals surface area (Å²) in [6.07, 6.45) is 0. The lowest BCUT2D eigenvalue weighted by Gasteiger charge is -2.13. The average molecular weight is 434 g/mol. The molecule has 0 unspecified atom stereocenters. The summed E-state index contributed by atoms with van der Waals surface area (Å²) in [5.41, 5.74) is 4.39. The second kappa shape index (κ2) is 10.5. The smallest absolute Gasteiger partial charge is 0.337 e. The number of methoxy groups -OCH3 is 1. The van der Waals surface area contributed by atoms with Crippen molar-refractivity contribution >= 4 is 34.3 Å². The van der Waals surface area contributed by atoms with E-state index in [1.54, 1.807) is 12.1 Å². The highest BCUT2D eigenvalue weighted by molar-refractivity contribution is 6.29. The van der Waals surface area contributed by atoms with Gasteiger partial charge in [-0.25, -0.2) is 14.8 Å². The number of anilines is 1. The van der Waals surface area contributed by atoms with Crippen molar-refractivity contribution in [2.45, 2.75) is 20.4 Å². The van der Waals surface area contributed by atoms with Crippen LogP contribution in [-0.2, 0) is 11.3 Å². The zero-order valence-electron chi connectivity index (χ0n) is 17.7. The van der Waals surface area contributed by atoms with Gasteiger partial charge in [-0.15, -0.1) is 0 Å². The van der Waals surface area contributed by atoms with E-state index >= 15 is 0 Å². The van der Waals surface area contributed by atoms with Crippen LogP contribution in [0, 0.1) is 0 Å². The quantitative estimate of drug-likeness (QED) is 0.292. The molecule has 0 atom stereocenters. The molecule has 1 aromatic heterocycles. The number of fused-ring (bicyclic) bond motifs is 1. The van der Waals surface area contributed by atoms with Crippen molar-refractivity contribution in [3.63, 3.8) is 0 Å². The molecule has 0 spiro atoms. The first kappa shape index (κ1) is 22.2. The van der Waals surface area contributed by atoms with Crippen molar-refractivity contribution in [3.05, 3.63) is 89.2 Å². The highest BCUT2D eigenvalue weighted by Crippen LogP contribution is 2.33. The molecule has 31 heavy (non-hydrogen) atoms. The topological polar surface area (TPSA) is 64.1 Å². The highest BCUT2D eigenvalue weighted by atomic mass is 35.5. The summed E-state index contributed by atoms with van der Waals surface area (Å²) in [7, 11) is 1.37. The van der Waals surface area contributed by atoms with Crippen LogP contribution in [-0.4, -0.2) is 23.0 Å². The van der Waals surface area contributed by atoms with Gasteiger partial charge in [0.15, 0.2) is 0 Å². The molecule has 6 heteroatoms. The fraction of sp³-hybridized carbons (Fsp3) is 0.160. The van der Waals surface area contributed by atoms with Gasteiger partial charge in [-0.3, -0.25) is 0 Å². The van der Waals surface area contributed by atoms with Gasteiger partial charge in [-0.05, 0) is 46.5 Å². The Kier molecular flexibility index (Phi) is 7.57. The molecule has 158 valence electrons. The Hall–Kier alpha value is -3.44. The number of carbonyl (C=O) groups excluding carboxylic acids is 1. The molecular formula is C25H24ClN3O2. The maximum Gasteiger partial charge on any atom is 0.337 e. The first-order chi connectivity index (χ1) is 15.2. The van der Waals surface area contributed by atoms with Crippen molar-refractivity contribution in [1.29, 1.82) is 0 Å². The number of halogens is 1. The number of nitrogens with one attached hydrogen (secondary N) is 1. The second-order valence-corrected chi connectivity index (χ2v) is 6.79. The second-order valence-electron chi connectivity index (χ2n) is 6.45. The third kappa shape index (κ3) is 5.19. The number of ether oxygens (including phenoxy) is 1. The summed E-state index contributed by atoms with van der Waals surface area (Å²) in [6, 6.07) is 23.3. The van der Waals surface area contributed by atoms with Gasteiger partial charge in [-0.1, -0.05) is 68.4 Å². The van der Waals surface area contributed by atoms with E-state index in [2.05, 4.69) is 27.4 Å². The maximum absolute atomic E-state index is 11.6. The minimum absolute atomic E-state index is 0.186. The molecule has 0 aliphatic rings. The average Bonchev–Trinajstić information content (AvgIpc) is 2.83. The van der Waals surface area contributed by atoms with Gasteiger partial charge < -0.3 is 10.1 Å². The van der Waals surface area contributed by atoms with Crippen LogP contribution in [0.15, 0.2) is 72.8 Å². The van der Waals surface area contributed by atoms with Crippen LogP contribution in [0.5, 0.6) is 0 Å². The molecule has 0 radical (unpaired) electrons. The Morgan fingerprint density at radius 1 is 0.935 bits per heavy atom. The van der Waals surface area contributed by atoms with E-state index < -0.39 is 0 Å². The molecule has 4 rings (SSSR count). The van der Waals surface area contributed by atoms with E-state index in [1.807, 2.05) is 62.4 Å². The predicted octanol–water partition coefficient (Wildman–Crippen LogP) is 6.38. The van der Waals surface area contributed by atoms with Gasteiger partial charge in [0, 0.05) is 6.54 Å². The van der Waals surface area contributed by atoms with Crippen LogP contribution in [0.4, 0.5) is 5.82 Å². The molecule has 0 fully saturated rings. The van der Waals surface area contributed by atoms with Gasteiger partial charge in [0.05, 0.1) is 23.6 Å². The normalized spacial score (nSPS) is 10.2. The molecule has 0 bridgehead atoms. The lowest BCUT2D eigenvalue weighted by Crippen LogP contribution is -2.05. The van der Waals surface area contributed by atoms with Crippen molar-refractivity contribution in [2.24, 2.45) is 0 Å². The van der Waals surface area contributed by atoms with Gasteiger partial charge in [0.1, 0.15) is 5.82 Å². The standard InChI is InChI=1S/C23H18ClN3O2.C2H6/c1-29-22(28)17-12-10-15(11-13-17)14-25-21-20-18(16-6-3-2-4-7-16)8-5-9-19(20)26-23(24)27-21;1-2/h2-13H,14H2,1H3,(H,25,26,27);1-2H3. The third-order valence-corrected chi connectivity index (χ3v) is 4.78. The Morgan fingerprint density at radius 2 is 1.65 bits per heavy atom. The van der Waals surface area contributed by atoms with Gasteiger partial charge >= 0.3 is 5.97 Å². The molecule has 3 aromatic carbocycles. The first-order valence-corrected chi connectivity index (χ1v) is 10.5. The van der Waals surface area contributed by atoms with E-state index in [0.29, 0.717) is 17.9 Å². The van der Waals surface area contributed by atoms with Gasteiger partial charge in [0.2, 0.25) is 5.28 Å². The Morgan fingerprint density at radius 3 is 2.32 bits per heavy atom. The summed E-state index contributed by atoms with van der Waals surface area (Å²) >= 11 is 6.16. The number of aromatic nitrogens is 2. The van der Waals surface area contributed by atoms with Crippen molar-refractivity contribution < 1.29 is 9.53 Å². The zero-order chi connectivity index (χ0) is 22.2. The van der Waals surface area contributed by atoms with Crippen molar-refractivity contribution in [1.82, 2.24) is 9.97 Å². The van der Waals surface area contributed by atoms with Crippen LogP contribution in [0.25, 0.3) is 22.0 Å². The number of nitrogens with zero attached hydrogens (tertiary/aromatic N) is 2. The van der Waals surface area contributed by atoms with E-state index in [-0.39, 0.29) is 11.3 Å². The Labute approximate surface area is 187 Å². The highest BCUT2D eigenvalue weighted by Gasteiger charge is 2.12. The van der Waals surface area contributed by atoms with E-state index in [1.165, 1.54) is 7.11 Å². The number of rotatable bonds is 5. The number of hydrogen-bond acceptors (Lipinski definition) is 5. The molecule has 0 aliphatic heterocycles. The minimum atomic E-state index is -0.356. The lowest BCUT2D eigenvalue weighted by molar-refractivity contribution is 0.0600. The summed E-state index contributed by atoms with van der Waals surface area (Å²) in [6.45, 7) is 4.52. The van der Waals surface area contributed by atoms with Crippen LogP contribution in [0.1, 0.15) is 29.8 Å². The Bertz CT molecular complexity index is 1160. The van der Waals surface area contributed by atoms with Crippen LogP contribution in [0.3, 0.4) is 0 Å². The van der Waals surface area contributed by atoms with Crippen LogP contribution >= 0.6 is 11.6 Å². The largest absolute Gasteiger partial charge is 0.465 e. The molecule has 0 saturated heterocycles. The van der Waals surface area contributed by atoms with Crippen LogP contribution in [0.2, 0.25) is 5.28 Å². The van der Waals surface area contributed by atoms with Gasteiger partial charge in [0.25, 0.3) is 0 Å². The van der Waals surface area contributed by atoms with E-state index in [0.717, 1.165) is 27.6 Å². The summed E-state index contributed by atoms with van der Waals surface area (Å²) in [5, 5.41) is 4.46. The molecule has 1 heterocycles. The summed E-state index contributed by atoms with van der Waals surface area (Å²) < 4.78 is 4.74. The molecular weight excluding hydrogens is 410 g/mol. The maximum atomic E-state index is 11.6. The minimum Gasteiger partial charge on any atom is -0.465 e. The number of hydrogen-bond donors (Lipinski definition) is 1. The third-order valence-electron chi connectivity index (χ3n) is 4.62. The van der Waals surface area contributed by atoms with Crippen molar-refractivity contribution in [3.8, 4) is 11.1 Å². The molecule has 5 nitrogen and oxygen atoms in total. The molecule has 0 amide bonds. The summed E-state index contributed by atoms with van der Waals surface area (Å²) in [4.78, 5) is 20.4. The van der Waals surface area contributed by atoms with Gasteiger partial charge in [-0.2, -0.15) is 0 Å². The molecule has 1 N–H and O–H groups in total. The monoisotopic (exact) mass is 433 g/mol. The fourth-order valence-electron chi connectivity index (χ4n) is 3.20. The van der Waals surface area contributed by atoms with E-state index in [4.69, 9.17) is 16.3 Å². The van der Waals surface area contributed by atoms with E-state index in [9.17, 15) is 4.79 Å². The predicted molar refractivity (Wildman–Crippen MR) is 126 cm³/mol. The summed E-state index contributed by atoms with van der Waals surface area (Å²) in [5.74, 6) is 0.307. The molecule has 0 saturated carbocycles.